The van der Waals surface area contributed by atoms with Crippen LogP contribution in [0.1, 0.15) is 70.6 Å². The molecule has 1 radical (unpaired) electrons. The predicted octanol–water partition coefficient (Wildman–Crippen LogP) is 5.05. The molecular weight excluding hydrogens is 168 g/mol. The van der Waals surface area contributed by atoms with Gasteiger partial charge in [-0.05, 0) is 25.7 Å². The summed E-state index contributed by atoms with van der Waals surface area (Å²) in [5, 5.41) is 0. The lowest BCUT2D eigenvalue weighted by Crippen LogP contribution is -1.83. The zero-order valence-electron chi connectivity index (χ0n) is 9.51. The van der Waals surface area contributed by atoms with Crippen molar-refractivity contribution in [2.24, 2.45) is 0 Å². The number of rotatable bonds is 0. The SMILES string of the molecule is [CH]1C=CCCCCCCCCCCC1. The maximum atomic E-state index is 2.34. The lowest BCUT2D eigenvalue weighted by Gasteiger charge is -2.03. The molecule has 1 aliphatic carbocycles. The first-order valence-electron chi connectivity index (χ1n) is 6.48. The smallest absolute Gasteiger partial charge is 0.0171 e. The highest BCUT2D eigenvalue weighted by Gasteiger charge is 1.93. The molecule has 0 saturated heterocycles. The van der Waals surface area contributed by atoms with Gasteiger partial charge in [0.25, 0.3) is 0 Å². The van der Waals surface area contributed by atoms with Crippen molar-refractivity contribution in [3.63, 3.8) is 0 Å². The van der Waals surface area contributed by atoms with Crippen LogP contribution in [0.25, 0.3) is 0 Å². The highest BCUT2D eigenvalue weighted by Crippen LogP contribution is 2.13. The van der Waals surface area contributed by atoms with Crippen LogP contribution in [0.5, 0.6) is 0 Å². The largest absolute Gasteiger partial charge is 0.0882 e. The van der Waals surface area contributed by atoms with Crippen molar-refractivity contribution < 1.29 is 0 Å². The molecule has 0 fully saturated rings. The van der Waals surface area contributed by atoms with Crippen LogP contribution in [-0.4, -0.2) is 0 Å². The molecule has 0 aromatic heterocycles. The van der Waals surface area contributed by atoms with Gasteiger partial charge in [-0.3, -0.25) is 0 Å². The summed E-state index contributed by atoms with van der Waals surface area (Å²) in [5.41, 5.74) is 0. The van der Waals surface area contributed by atoms with Gasteiger partial charge in [0.05, 0.1) is 0 Å². The van der Waals surface area contributed by atoms with Gasteiger partial charge in [-0.1, -0.05) is 63.5 Å². The minimum absolute atomic E-state index is 1.29. The normalized spacial score (nSPS) is 22.9. The standard InChI is InChI=1S/C14H25/c1-2-4-6-8-10-12-14-13-11-9-7-5-3-1/h1-3H,4-14H2. The molecule has 1 rings (SSSR count). The van der Waals surface area contributed by atoms with E-state index in [1.165, 1.54) is 70.6 Å². The van der Waals surface area contributed by atoms with Crippen molar-refractivity contribution in [3.05, 3.63) is 18.6 Å². The molecule has 0 unspecified atom stereocenters. The molecular formula is C14H25. The molecule has 0 amide bonds. The van der Waals surface area contributed by atoms with Gasteiger partial charge < -0.3 is 0 Å². The van der Waals surface area contributed by atoms with Crippen LogP contribution in [-0.2, 0) is 0 Å². The van der Waals surface area contributed by atoms with E-state index >= 15 is 0 Å². The van der Waals surface area contributed by atoms with Gasteiger partial charge in [0.1, 0.15) is 0 Å². The Labute approximate surface area is 89.8 Å². The quantitative estimate of drug-likeness (QED) is 0.505. The molecule has 0 heteroatoms. The molecule has 0 atom stereocenters. The first-order chi connectivity index (χ1) is 7.00. The van der Waals surface area contributed by atoms with Gasteiger partial charge in [-0.15, -0.1) is 0 Å². The summed E-state index contributed by atoms with van der Waals surface area (Å²) >= 11 is 0. The Balaban J connectivity index is 2.09. The molecule has 0 aromatic rings. The van der Waals surface area contributed by atoms with E-state index in [0.717, 1.165) is 0 Å². The molecule has 0 aliphatic heterocycles. The third-order valence-corrected chi connectivity index (χ3v) is 3.01. The molecule has 1 aliphatic rings. The van der Waals surface area contributed by atoms with Crippen molar-refractivity contribution in [3.8, 4) is 0 Å². The number of hydrogen-bond acceptors (Lipinski definition) is 0. The Hall–Kier alpha value is -0.260. The fraction of sp³-hybridized carbons (Fsp3) is 0.786. The van der Waals surface area contributed by atoms with E-state index < -0.39 is 0 Å². The second-order valence-corrected chi connectivity index (χ2v) is 4.42. The average molecular weight is 193 g/mol. The van der Waals surface area contributed by atoms with Crippen molar-refractivity contribution in [2.75, 3.05) is 0 Å². The Morgan fingerprint density at radius 1 is 0.500 bits per heavy atom. The Bertz CT molecular complexity index is 119. The van der Waals surface area contributed by atoms with Crippen molar-refractivity contribution in [1.29, 1.82) is 0 Å². The monoisotopic (exact) mass is 193 g/mol. The summed E-state index contributed by atoms with van der Waals surface area (Å²) < 4.78 is 0. The molecule has 0 N–H and O–H groups in total. The number of allylic oxidation sites excluding steroid dienone is 2. The summed E-state index contributed by atoms with van der Waals surface area (Å²) in [6, 6.07) is 0. The third kappa shape index (κ3) is 7.17. The zero-order valence-corrected chi connectivity index (χ0v) is 9.51. The second kappa shape index (κ2) is 9.30. The predicted molar refractivity (Wildman–Crippen MR) is 64.2 cm³/mol. The lowest BCUT2D eigenvalue weighted by atomic mass is 10.0. The van der Waals surface area contributed by atoms with E-state index in [4.69, 9.17) is 0 Å². The summed E-state index contributed by atoms with van der Waals surface area (Å²) in [6.45, 7) is 0. The molecule has 14 heavy (non-hydrogen) atoms. The van der Waals surface area contributed by atoms with Crippen molar-refractivity contribution in [2.45, 2.75) is 70.6 Å². The van der Waals surface area contributed by atoms with Gasteiger partial charge in [-0.25, -0.2) is 0 Å². The maximum Gasteiger partial charge on any atom is -0.0171 e. The third-order valence-electron chi connectivity index (χ3n) is 3.01. The van der Waals surface area contributed by atoms with Gasteiger partial charge in [0.2, 0.25) is 0 Å². The van der Waals surface area contributed by atoms with Gasteiger partial charge in [0, 0.05) is 0 Å². The minimum atomic E-state index is 1.29. The van der Waals surface area contributed by atoms with E-state index in [2.05, 4.69) is 18.6 Å². The summed E-state index contributed by atoms with van der Waals surface area (Å²) in [7, 11) is 0. The van der Waals surface area contributed by atoms with Crippen molar-refractivity contribution in [1.82, 2.24) is 0 Å². The first kappa shape index (κ1) is 11.8. The van der Waals surface area contributed by atoms with Crippen LogP contribution < -0.4 is 0 Å². The summed E-state index contributed by atoms with van der Waals surface area (Å²) in [5.74, 6) is 0. The van der Waals surface area contributed by atoms with E-state index in [-0.39, 0.29) is 0 Å². The molecule has 0 heterocycles. The first-order valence-corrected chi connectivity index (χ1v) is 6.48. The van der Waals surface area contributed by atoms with E-state index in [1.54, 1.807) is 0 Å². The Morgan fingerprint density at radius 2 is 1.00 bits per heavy atom. The van der Waals surface area contributed by atoms with Gasteiger partial charge in [0.15, 0.2) is 0 Å². The van der Waals surface area contributed by atoms with Crippen molar-refractivity contribution >= 4 is 0 Å². The lowest BCUT2D eigenvalue weighted by molar-refractivity contribution is 0.558. The van der Waals surface area contributed by atoms with Crippen LogP contribution in [0.3, 0.4) is 0 Å². The molecule has 0 spiro atoms. The van der Waals surface area contributed by atoms with Crippen LogP contribution in [0.15, 0.2) is 12.2 Å². The second-order valence-electron chi connectivity index (χ2n) is 4.42. The Morgan fingerprint density at radius 3 is 1.64 bits per heavy atom. The maximum absolute atomic E-state index is 2.34. The minimum Gasteiger partial charge on any atom is -0.0882 e. The topological polar surface area (TPSA) is 0 Å². The fourth-order valence-corrected chi connectivity index (χ4v) is 2.05. The van der Waals surface area contributed by atoms with Crippen LogP contribution in [0.4, 0.5) is 0 Å². The molecule has 0 bridgehead atoms. The highest BCUT2D eigenvalue weighted by molar-refractivity contribution is 4.94. The van der Waals surface area contributed by atoms with E-state index in [1.807, 2.05) is 0 Å². The zero-order chi connectivity index (χ0) is 9.90. The fourth-order valence-electron chi connectivity index (χ4n) is 2.05. The van der Waals surface area contributed by atoms with E-state index in [9.17, 15) is 0 Å². The molecule has 0 nitrogen and oxygen atoms in total. The summed E-state index contributed by atoms with van der Waals surface area (Å²) in [4.78, 5) is 0. The molecule has 0 aromatic carbocycles. The van der Waals surface area contributed by atoms with Crippen LogP contribution >= 0.6 is 0 Å². The molecule has 0 saturated carbocycles. The van der Waals surface area contributed by atoms with Crippen LogP contribution in [0, 0.1) is 6.42 Å². The van der Waals surface area contributed by atoms with E-state index in [0.29, 0.717) is 0 Å². The van der Waals surface area contributed by atoms with Gasteiger partial charge >= 0.3 is 0 Å². The average Bonchev–Trinajstić information content (AvgIpc) is 2.22. The highest BCUT2D eigenvalue weighted by atomic mass is 14.0. The van der Waals surface area contributed by atoms with Gasteiger partial charge in [-0.2, -0.15) is 0 Å². The number of hydrogen-bond donors (Lipinski definition) is 0. The molecule has 81 valence electrons. The summed E-state index contributed by atoms with van der Waals surface area (Å²) in [6.07, 6.45) is 22.5. The van der Waals surface area contributed by atoms with Crippen LogP contribution in [0.2, 0.25) is 0 Å². The Kier molecular flexibility index (Phi) is 7.85.